The zero-order valence-corrected chi connectivity index (χ0v) is 11.5. The summed E-state index contributed by atoms with van der Waals surface area (Å²) in [5.74, 6) is 0.622. The fraction of sp³-hybridized carbons (Fsp3) is 0.562. The highest BCUT2D eigenvalue weighted by Crippen LogP contribution is 2.06. The van der Waals surface area contributed by atoms with Crippen molar-refractivity contribution < 1.29 is 9.53 Å². The first kappa shape index (κ1) is 14.7. The second-order valence-corrected chi connectivity index (χ2v) is 5.10. The maximum Gasteiger partial charge on any atom is 0.305 e. The highest BCUT2D eigenvalue weighted by atomic mass is 16.5. The monoisotopic (exact) mass is 248 g/mol. The number of hydrogen-bond acceptors (Lipinski definition) is 2. The maximum absolute atomic E-state index is 11.5. The Balaban J connectivity index is 2.03. The predicted molar refractivity (Wildman–Crippen MR) is 74.4 cm³/mol. The van der Waals surface area contributed by atoms with Crippen LogP contribution in [0.25, 0.3) is 0 Å². The van der Waals surface area contributed by atoms with E-state index in [0.717, 1.165) is 25.7 Å². The van der Waals surface area contributed by atoms with Gasteiger partial charge in [0.1, 0.15) is 0 Å². The smallest absolute Gasteiger partial charge is 0.305 e. The van der Waals surface area contributed by atoms with E-state index in [0.29, 0.717) is 18.9 Å². The van der Waals surface area contributed by atoms with Gasteiger partial charge < -0.3 is 4.74 Å². The van der Waals surface area contributed by atoms with E-state index in [1.165, 1.54) is 5.56 Å². The average molecular weight is 248 g/mol. The number of aryl methyl sites for hydroxylation is 1. The van der Waals surface area contributed by atoms with Gasteiger partial charge in [0.15, 0.2) is 0 Å². The number of benzene rings is 1. The zero-order chi connectivity index (χ0) is 13.2. The second kappa shape index (κ2) is 8.73. The molecule has 0 amide bonds. The van der Waals surface area contributed by atoms with Crippen molar-refractivity contribution in [1.29, 1.82) is 0 Å². The number of esters is 1. The van der Waals surface area contributed by atoms with E-state index in [1.54, 1.807) is 0 Å². The molecule has 0 aliphatic rings. The van der Waals surface area contributed by atoms with Gasteiger partial charge in [-0.2, -0.15) is 0 Å². The first-order valence-electron chi connectivity index (χ1n) is 6.88. The molecular weight excluding hydrogens is 224 g/mol. The van der Waals surface area contributed by atoms with Crippen molar-refractivity contribution in [3.05, 3.63) is 35.9 Å². The Bertz CT molecular complexity index is 330. The molecule has 0 N–H and O–H groups in total. The van der Waals surface area contributed by atoms with Gasteiger partial charge in [-0.25, -0.2) is 0 Å². The third-order valence-electron chi connectivity index (χ3n) is 2.88. The van der Waals surface area contributed by atoms with Crippen molar-refractivity contribution in [1.82, 2.24) is 0 Å². The van der Waals surface area contributed by atoms with Crippen LogP contribution in [0.3, 0.4) is 0 Å². The van der Waals surface area contributed by atoms with Crippen LogP contribution in [0.2, 0.25) is 0 Å². The molecule has 0 radical (unpaired) electrons. The number of rotatable bonds is 8. The van der Waals surface area contributed by atoms with Crippen LogP contribution in [-0.2, 0) is 16.0 Å². The standard InChI is InChI=1S/C16H24O2/c1-14(2)8-7-13-18-16(17)12-6-11-15-9-4-3-5-10-15/h3-5,9-10,14H,6-8,11-13H2,1-2H3. The van der Waals surface area contributed by atoms with E-state index in [-0.39, 0.29) is 5.97 Å². The van der Waals surface area contributed by atoms with Crippen LogP contribution in [0.5, 0.6) is 0 Å². The van der Waals surface area contributed by atoms with Gasteiger partial charge in [-0.3, -0.25) is 4.79 Å². The Morgan fingerprint density at radius 2 is 1.89 bits per heavy atom. The normalized spacial score (nSPS) is 10.6. The van der Waals surface area contributed by atoms with Crippen LogP contribution in [0.4, 0.5) is 0 Å². The third-order valence-corrected chi connectivity index (χ3v) is 2.88. The third kappa shape index (κ3) is 7.10. The molecule has 0 aliphatic heterocycles. The Labute approximate surface area is 110 Å². The highest BCUT2D eigenvalue weighted by molar-refractivity contribution is 5.69. The Morgan fingerprint density at radius 1 is 1.17 bits per heavy atom. The minimum absolute atomic E-state index is 0.0605. The predicted octanol–water partition coefficient (Wildman–Crippen LogP) is 3.99. The lowest BCUT2D eigenvalue weighted by atomic mass is 10.1. The summed E-state index contributed by atoms with van der Waals surface area (Å²) >= 11 is 0. The van der Waals surface area contributed by atoms with Crippen molar-refractivity contribution in [2.24, 2.45) is 5.92 Å². The largest absolute Gasteiger partial charge is 0.466 e. The lowest BCUT2D eigenvalue weighted by Gasteiger charge is -2.06. The Hall–Kier alpha value is -1.31. The van der Waals surface area contributed by atoms with E-state index >= 15 is 0 Å². The van der Waals surface area contributed by atoms with Crippen molar-refractivity contribution in [3.63, 3.8) is 0 Å². The van der Waals surface area contributed by atoms with Crippen molar-refractivity contribution >= 4 is 5.97 Å². The van der Waals surface area contributed by atoms with Gasteiger partial charge in [-0.1, -0.05) is 44.2 Å². The average Bonchev–Trinajstić information content (AvgIpc) is 2.36. The topological polar surface area (TPSA) is 26.3 Å². The summed E-state index contributed by atoms with van der Waals surface area (Å²) < 4.78 is 5.19. The lowest BCUT2D eigenvalue weighted by Crippen LogP contribution is -2.06. The lowest BCUT2D eigenvalue weighted by molar-refractivity contribution is -0.143. The maximum atomic E-state index is 11.5. The Morgan fingerprint density at radius 3 is 2.56 bits per heavy atom. The molecule has 18 heavy (non-hydrogen) atoms. The number of hydrogen-bond donors (Lipinski definition) is 0. The van der Waals surface area contributed by atoms with Crippen LogP contribution >= 0.6 is 0 Å². The van der Waals surface area contributed by atoms with E-state index < -0.39 is 0 Å². The summed E-state index contributed by atoms with van der Waals surface area (Å²) in [6, 6.07) is 10.2. The van der Waals surface area contributed by atoms with Gasteiger partial charge in [0.2, 0.25) is 0 Å². The molecule has 1 rings (SSSR count). The van der Waals surface area contributed by atoms with Gasteiger partial charge in [0.25, 0.3) is 0 Å². The van der Waals surface area contributed by atoms with Crippen LogP contribution in [0.1, 0.15) is 45.1 Å². The molecular formula is C16H24O2. The molecule has 0 bridgehead atoms. The highest BCUT2D eigenvalue weighted by Gasteiger charge is 2.03. The minimum Gasteiger partial charge on any atom is -0.466 e. The first-order valence-corrected chi connectivity index (χ1v) is 6.88. The SMILES string of the molecule is CC(C)CCCOC(=O)CCCc1ccccc1. The van der Waals surface area contributed by atoms with Crippen LogP contribution in [0, 0.1) is 5.92 Å². The zero-order valence-electron chi connectivity index (χ0n) is 11.5. The number of carbonyl (C=O) groups is 1. The van der Waals surface area contributed by atoms with E-state index in [2.05, 4.69) is 26.0 Å². The van der Waals surface area contributed by atoms with Crippen molar-refractivity contribution in [2.45, 2.75) is 46.0 Å². The molecule has 1 aromatic carbocycles. The molecule has 0 heterocycles. The van der Waals surface area contributed by atoms with Crippen molar-refractivity contribution in [2.75, 3.05) is 6.61 Å². The molecule has 100 valence electrons. The fourth-order valence-corrected chi connectivity index (χ4v) is 1.83. The van der Waals surface area contributed by atoms with E-state index in [9.17, 15) is 4.79 Å². The number of carbonyl (C=O) groups excluding carboxylic acids is 1. The van der Waals surface area contributed by atoms with Gasteiger partial charge in [0.05, 0.1) is 6.61 Å². The first-order chi connectivity index (χ1) is 8.68. The summed E-state index contributed by atoms with van der Waals surface area (Å²) in [7, 11) is 0. The van der Waals surface area contributed by atoms with Gasteiger partial charge in [-0.05, 0) is 37.2 Å². The van der Waals surface area contributed by atoms with Crippen LogP contribution in [0.15, 0.2) is 30.3 Å². The molecule has 0 saturated heterocycles. The summed E-state index contributed by atoms with van der Waals surface area (Å²) in [6.07, 6.45) is 4.44. The summed E-state index contributed by atoms with van der Waals surface area (Å²) in [5, 5.41) is 0. The molecule has 0 aliphatic carbocycles. The quantitative estimate of drug-likeness (QED) is 0.513. The molecule has 1 aromatic rings. The second-order valence-electron chi connectivity index (χ2n) is 5.10. The number of ether oxygens (including phenoxy) is 1. The molecule has 0 atom stereocenters. The summed E-state index contributed by atoms with van der Waals surface area (Å²) in [5.41, 5.74) is 1.28. The van der Waals surface area contributed by atoms with Crippen LogP contribution < -0.4 is 0 Å². The molecule has 2 nitrogen and oxygen atoms in total. The minimum atomic E-state index is -0.0605. The van der Waals surface area contributed by atoms with Gasteiger partial charge in [-0.15, -0.1) is 0 Å². The molecule has 2 heteroatoms. The fourth-order valence-electron chi connectivity index (χ4n) is 1.83. The van der Waals surface area contributed by atoms with Gasteiger partial charge in [0, 0.05) is 6.42 Å². The molecule has 0 fully saturated rings. The summed E-state index contributed by atoms with van der Waals surface area (Å²) in [6.45, 7) is 4.94. The Kier molecular flexibility index (Phi) is 7.16. The van der Waals surface area contributed by atoms with Crippen molar-refractivity contribution in [3.8, 4) is 0 Å². The molecule has 0 spiro atoms. The molecule has 0 unspecified atom stereocenters. The van der Waals surface area contributed by atoms with Gasteiger partial charge >= 0.3 is 5.97 Å². The summed E-state index contributed by atoms with van der Waals surface area (Å²) in [4.78, 5) is 11.5. The molecule has 0 aromatic heterocycles. The molecule has 0 saturated carbocycles. The van der Waals surface area contributed by atoms with E-state index in [4.69, 9.17) is 4.74 Å². The van der Waals surface area contributed by atoms with Crippen LogP contribution in [-0.4, -0.2) is 12.6 Å². The van der Waals surface area contributed by atoms with E-state index in [1.807, 2.05) is 18.2 Å².